The van der Waals surface area contributed by atoms with Crippen LogP contribution in [-0.2, 0) is 0 Å². The fourth-order valence-corrected chi connectivity index (χ4v) is 2.53. The Balaban J connectivity index is 2.37. The van der Waals surface area contributed by atoms with Crippen molar-refractivity contribution in [3.63, 3.8) is 0 Å². The van der Waals surface area contributed by atoms with Crippen LogP contribution in [0.1, 0.15) is 16.5 Å². The monoisotopic (exact) mass is 268 g/mol. The number of halogens is 1. The van der Waals surface area contributed by atoms with Crippen molar-refractivity contribution >= 4 is 27.3 Å². The molecule has 14 heavy (non-hydrogen) atoms. The van der Waals surface area contributed by atoms with Gasteiger partial charge in [0.1, 0.15) is 6.10 Å². The van der Waals surface area contributed by atoms with Gasteiger partial charge in [-0.05, 0) is 23.1 Å². The van der Waals surface area contributed by atoms with E-state index in [1.165, 1.54) is 0 Å². The normalized spacial score (nSPS) is 12.7. The van der Waals surface area contributed by atoms with Crippen molar-refractivity contribution in [2.45, 2.75) is 6.10 Å². The fraction of sp³-hybridized carbons (Fsp3) is 0.0909. The highest BCUT2D eigenvalue weighted by molar-refractivity contribution is 9.10. The third-order valence-electron chi connectivity index (χ3n) is 2.01. The van der Waals surface area contributed by atoms with Crippen LogP contribution >= 0.6 is 27.3 Å². The molecular formula is C11H9BrOS. The van der Waals surface area contributed by atoms with Crippen molar-refractivity contribution in [3.05, 3.63) is 56.7 Å². The van der Waals surface area contributed by atoms with Gasteiger partial charge >= 0.3 is 0 Å². The molecule has 1 atom stereocenters. The van der Waals surface area contributed by atoms with E-state index >= 15 is 0 Å². The van der Waals surface area contributed by atoms with E-state index in [-0.39, 0.29) is 0 Å². The molecular weight excluding hydrogens is 260 g/mol. The zero-order valence-electron chi connectivity index (χ0n) is 7.35. The van der Waals surface area contributed by atoms with Gasteiger partial charge in [0, 0.05) is 9.35 Å². The van der Waals surface area contributed by atoms with Crippen LogP contribution in [-0.4, -0.2) is 5.11 Å². The van der Waals surface area contributed by atoms with Crippen molar-refractivity contribution in [2.75, 3.05) is 0 Å². The minimum atomic E-state index is -0.523. The maximum absolute atomic E-state index is 10.0. The molecule has 0 spiro atoms. The van der Waals surface area contributed by atoms with Crippen molar-refractivity contribution in [2.24, 2.45) is 0 Å². The molecule has 0 radical (unpaired) electrons. The van der Waals surface area contributed by atoms with Crippen molar-refractivity contribution in [1.82, 2.24) is 0 Å². The summed E-state index contributed by atoms with van der Waals surface area (Å²) < 4.78 is 0.945. The number of hydrogen-bond donors (Lipinski definition) is 1. The Kier molecular flexibility index (Phi) is 3.01. The first-order chi connectivity index (χ1) is 6.79. The summed E-state index contributed by atoms with van der Waals surface area (Å²) in [6.45, 7) is 0. The summed E-state index contributed by atoms with van der Waals surface area (Å²) in [4.78, 5) is 0.969. The van der Waals surface area contributed by atoms with E-state index in [0.29, 0.717) is 0 Å². The molecule has 0 amide bonds. The summed E-state index contributed by atoms with van der Waals surface area (Å²) in [7, 11) is 0. The first kappa shape index (κ1) is 9.90. The van der Waals surface area contributed by atoms with Crippen molar-refractivity contribution in [1.29, 1.82) is 0 Å². The molecule has 0 saturated heterocycles. The van der Waals surface area contributed by atoms with E-state index in [1.807, 2.05) is 41.8 Å². The minimum Gasteiger partial charge on any atom is -0.383 e. The summed E-state index contributed by atoms with van der Waals surface area (Å²) in [5.74, 6) is 0. The third kappa shape index (κ3) is 1.90. The maximum Gasteiger partial charge on any atom is 0.114 e. The lowest BCUT2D eigenvalue weighted by atomic mass is 10.1. The zero-order chi connectivity index (χ0) is 9.97. The van der Waals surface area contributed by atoms with Crippen LogP contribution in [0.5, 0.6) is 0 Å². The largest absolute Gasteiger partial charge is 0.383 e. The zero-order valence-corrected chi connectivity index (χ0v) is 9.75. The Morgan fingerprint density at radius 2 is 1.93 bits per heavy atom. The molecule has 3 heteroatoms. The molecule has 0 fully saturated rings. The van der Waals surface area contributed by atoms with E-state index in [0.717, 1.165) is 14.9 Å². The Morgan fingerprint density at radius 1 is 1.14 bits per heavy atom. The molecule has 1 heterocycles. The standard InChI is InChI=1S/C11H9BrOS/c12-9-5-2-1-4-8(9)11(13)10-6-3-7-14-10/h1-7,11,13H/t11-/m1/s1. The van der Waals surface area contributed by atoms with E-state index in [9.17, 15) is 5.11 Å². The first-order valence-corrected chi connectivity index (χ1v) is 5.92. The number of benzene rings is 1. The predicted octanol–water partition coefficient (Wildman–Crippen LogP) is 3.59. The molecule has 72 valence electrons. The Hall–Kier alpha value is -0.640. The quantitative estimate of drug-likeness (QED) is 0.883. The van der Waals surface area contributed by atoms with Gasteiger partial charge in [-0.2, -0.15) is 0 Å². The van der Waals surface area contributed by atoms with Gasteiger partial charge in [-0.25, -0.2) is 0 Å². The lowest BCUT2D eigenvalue weighted by Gasteiger charge is -2.10. The number of rotatable bonds is 2. The summed E-state index contributed by atoms with van der Waals surface area (Å²) in [6, 6.07) is 11.6. The topological polar surface area (TPSA) is 20.2 Å². The van der Waals surface area contributed by atoms with E-state index in [1.54, 1.807) is 11.3 Å². The molecule has 0 bridgehead atoms. The van der Waals surface area contributed by atoms with Crippen LogP contribution in [0.25, 0.3) is 0 Å². The van der Waals surface area contributed by atoms with Gasteiger partial charge in [0.05, 0.1) is 0 Å². The smallest absolute Gasteiger partial charge is 0.114 e. The SMILES string of the molecule is O[C@@H](c1cccs1)c1ccccc1Br. The molecule has 0 unspecified atom stereocenters. The van der Waals surface area contributed by atoms with Gasteiger partial charge in [-0.3, -0.25) is 0 Å². The fourth-order valence-electron chi connectivity index (χ4n) is 1.30. The number of thiophene rings is 1. The van der Waals surface area contributed by atoms with Crippen LogP contribution in [0.4, 0.5) is 0 Å². The molecule has 0 aliphatic rings. The highest BCUT2D eigenvalue weighted by Gasteiger charge is 2.13. The summed E-state index contributed by atoms with van der Waals surface area (Å²) >= 11 is 4.99. The highest BCUT2D eigenvalue weighted by atomic mass is 79.9. The van der Waals surface area contributed by atoms with E-state index in [4.69, 9.17) is 0 Å². The minimum absolute atomic E-state index is 0.523. The predicted molar refractivity (Wildman–Crippen MR) is 62.5 cm³/mol. The maximum atomic E-state index is 10.0. The highest BCUT2D eigenvalue weighted by Crippen LogP contribution is 2.30. The van der Waals surface area contributed by atoms with Crippen LogP contribution in [0.2, 0.25) is 0 Å². The first-order valence-electron chi connectivity index (χ1n) is 4.25. The van der Waals surface area contributed by atoms with Gasteiger partial charge < -0.3 is 5.11 Å². The number of aliphatic hydroxyl groups excluding tert-OH is 1. The summed E-state index contributed by atoms with van der Waals surface area (Å²) in [5.41, 5.74) is 0.912. The van der Waals surface area contributed by atoms with Crippen LogP contribution in [0.15, 0.2) is 46.3 Å². The second-order valence-electron chi connectivity index (χ2n) is 2.94. The summed E-state index contributed by atoms with van der Waals surface area (Å²) in [6.07, 6.45) is -0.523. The lowest BCUT2D eigenvalue weighted by molar-refractivity contribution is 0.223. The number of hydrogen-bond acceptors (Lipinski definition) is 2. The Bertz CT molecular complexity index is 411. The molecule has 1 nitrogen and oxygen atoms in total. The molecule has 1 N–H and O–H groups in total. The molecule has 2 rings (SSSR count). The van der Waals surface area contributed by atoms with Gasteiger partial charge in [0.2, 0.25) is 0 Å². The Morgan fingerprint density at radius 3 is 2.57 bits per heavy atom. The second kappa shape index (κ2) is 4.26. The van der Waals surface area contributed by atoms with Crippen LogP contribution < -0.4 is 0 Å². The average molecular weight is 269 g/mol. The third-order valence-corrected chi connectivity index (χ3v) is 3.66. The molecule has 2 aromatic rings. The van der Waals surface area contributed by atoms with Crippen LogP contribution in [0.3, 0.4) is 0 Å². The molecule has 1 aromatic heterocycles. The summed E-state index contributed by atoms with van der Waals surface area (Å²) in [5, 5.41) is 12.0. The van der Waals surface area contributed by atoms with E-state index < -0.39 is 6.10 Å². The molecule has 0 aliphatic carbocycles. The van der Waals surface area contributed by atoms with Gasteiger partial charge in [-0.15, -0.1) is 11.3 Å². The van der Waals surface area contributed by atoms with E-state index in [2.05, 4.69) is 15.9 Å². The van der Waals surface area contributed by atoms with Crippen molar-refractivity contribution in [3.8, 4) is 0 Å². The van der Waals surface area contributed by atoms with Crippen LogP contribution in [0, 0.1) is 0 Å². The second-order valence-corrected chi connectivity index (χ2v) is 4.77. The molecule has 0 saturated carbocycles. The molecule has 1 aromatic carbocycles. The van der Waals surface area contributed by atoms with Gasteiger partial charge in [-0.1, -0.05) is 40.2 Å². The van der Waals surface area contributed by atoms with Gasteiger partial charge in [0.25, 0.3) is 0 Å². The van der Waals surface area contributed by atoms with Gasteiger partial charge in [0.15, 0.2) is 0 Å². The molecule has 0 aliphatic heterocycles. The van der Waals surface area contributed by atoms with Crippen molar-refractivity contribution < 1.29 is 5.11 Å². The Labute approximate surface area is 95.2 Å². The number of aliphatic hydroxyl groups is 1. The lowest BCUT2D eigenvalue weighted by Crippen LogP contribution is -1.97. The average Bonchev–Trinajstić information content (AvgIpc) is 2.70.